The highest BCUT2D eigenvalue weighted by atomic mass is 31.2. The van der Waals surface area contributed by atoms with E-state index in [-0.39, 0.29) is 0 Å². The highest BCUT2D eigenvalue weighted by Crippen LogP contribution is 2.41. The van der Waals surface area contributed by atoms with Gasteiger partial charge in [-0.2, -0.15) is 0 Å². The molecule has 0 aromatic rings. The Balaban J connectivity index is 3.85. The average molecular weight is 125 g/mol. The third-order valence-corrected chi connectivity index (χ3v) is 1.02. The lowest BCUT2D eigenvalue weighted by Gasteiger charge is -1.92. The Hall–Kier alpha value is -0.250. The molecule has 1 atom stereocenters. The lowest BCUT2D eigenvalue weighted by atomic mass is 11.8. The summed E-state index contributed by atoms with van der Waals surface area (Å²) < 4.78 is 13.5. The van der Waals surface area contributed by atoms with Gasteiger partial charge in [0.15, 0.2) is 0 Å². The molecule has 0 aromatic heterocycles. The van der Waals surface area contributed by atoms with Crippen molar-refractivity contribution in [1.82, 2.24) is 0 Å². The normalized spacial score (nSPS) is 18.0. The molecule has 5 nitrogen and oxygen atoms in total. The zero-order valence-corrected chi connectivity index (χ0v) is 4.46. The first-order valence-electron chi connectivity index (χ1n) is 1.36. The van der Waals surface area contributed by atoms with Gasteiger partial charge >= 0.3 is 7.75 Å². The molecule has 0 rings (SSSR count). The van der Waals surface area contributed by atoms with E-state index in [1.807, 2.05) is 0 Å². The molecule has 1 unspecified atom stereocenters. The first kappa shape index (κ1) is 6.75. The van der Waals surface area contributed by atoms with Crippen LogP contribution in [0.5, 0.6) is 0 Å². The molecular formula is CH4NO4P. The van der Waals surface area contributed by atoms with E-state index in [9.17, 15) is 4.57 Å². The fourth-order valence-corrected chi connectivity index (χ4v) is 0.100. The Labute approximate surface area is 39.9 Å². The predicted octanol–water partition coefficient (Wildman–Crippen LogP) is 0.500. The molecule has 0 radical (unpaired) electrons. The van der Waals surface area contributed by atoms with E-state index in [4.69, 9.17) is 9.80 Å². The van der Waals surface area contributed by atoms with Crippen LogP contribution in [-0.4, -0.2) is 12.0 Å². The fourth-order valence-electron chi connectivity index (χ4n) is 0.0333. The summed E-state index contributed by atoms with van der Waals surface area (Å²) >= 11 is 0. The van der Waals surface area contributed by atoms with Gasteiger partial charge in [0.05, 0.1) is 0 Å². The lowest BCUT2D eigenvalue weighted by Crippen LogP contribution is -1.73. The fraction of sp³-hybridized carbons (Fsp3) is 1.00. The van der Waals surface area contributed by atoms with Crippen molar-refractivity contribution in [3.8, 4) is 0 Å². The Morgan fingerprint density at radius 1 is 1.86 bits per heavy atom. The molecule has 0 saturated carbocycles. The van der Waals surface area contributed by atoms with E-state index in [1.165, 1.54) is 0 Å². The molecule has 0 spiro atoms. The number of nitrogens with zero attached hydrogens (tertiary/aromatic N) is 1. The van der Waals surface area contributed by atoms with Gasteiger partial charge < -0.3 is 4.89 Å². The molecule has 0 bridgehead atoms. The topological polar surface area (TPSA) is 76.0 Å². The van der Waals surface area contributed by atoms with Crippen molar-refractivity contribution in [3.05, 3.63) is 4.91 Å². The van der Waals surface area contributed by atoms with Gasteiger partial charge in [-0.1, -0.05) is 0 Å². The summed E-state index contributed by atoms with van der Waals surface area (Å²) in [4.78, 5) is 18.9. The van der Waals surface area contributed by atoms with Crippen LogP contribution in [0.15, 0.2) is 4.95 Å². The number of nitroso groups, excluding NO2 is 1. The van der Waals surface area contributed by atoms with Gasteiger partial charge in [0, 0.05) is 12.1 Å². The minimum Gasteiger partial charge on any atom is -0.305 e. The van der Waals surface area contributed by atoms with Gasteiger partial charge in [-0.25, -0.2) is 4.57 Å². The second-order valence-electron chi connectivity index (χ2n) is 0.755. The van der Waals surface area contributed by atoms with Crippen molar-refractivity contribution in [2.45, 2.75) is 0 Å². The molecule has 0 heterocycles. The Kier molecular flexibility index (Phi) is 2.08. The molecule has 0 aliphatic rings. The zero-order valence-electron chi connectivity index (χ0n) is 3.57. The molecule has 0 aliphatic carbocycles. The standard InChI is InChI=1S/CH4NO4P/c1-6-7(4,5)2-3/h1H3,(H,4,5). The number of hydrogen-bond acceptors (Lipinski definition) is 3. The highest BCUT2D eigenvalue weighted by molar-refractivity contribution is 7.51. The van der Waals surface area contributed by atoms with E-state index in [1.54, 1.807) is 4.95 Å². The molecule has 0 aromatic carbocycles. The maximum absolute atomic E-state index is 9.81. The van der Waals surface area contributed by atoms with Crippen molar-refractivity contribution in [2.24, 2.45) is 4.95 Å². The van der Waals surface area contributed by atoms with Gasteiger partial charge in [0.1, 0.15) is 0 Å². The smallest absolute Gasteiger partial charge is 0.305 e. The summed E-state index contributed by atoms with van der Waals surface area (Å²) in [6.45, 7) is 0. The van der Waals surface area contributed by atoms with E-state index >= 15 is 0 Å². The van der Waals surface area contributed by atoms with Crippen LogP contribution in [0.4, 0.5) is 0 Å². The number of rotatable bonds is 2. The minimum absolute atomic E-state index is 0.933. The minimum atomic E-state index is -4.08. The highest BCUT2D eigenvalue weighted by Gasteiger charge is 2.15. The van der Waals surface area contributed by atoms with Gasteiger partial charge in [0.2, 0.25) is 0 Å². The van der Waals surface area contributed by atoms with Gasteiger partial charge in [0.25, 0.3) is 0 Å². The Morgan fingerprint density at radius 2 is 2.29 bits per heavy atom. The zero-order chi connectivity index (χ0) is 5.91. The van der Waals surface area contributed by atoms with Crippen LogP contribution in [0.25, 0.3) is 0 Å². The summed E-state index contributed by atoms with van der Waals surface area (Å²) in [5.74, 6) is 0. The van der Waals surface area contributed by atoms with Crippen molar-refractivity contribution in [2.75, 3.05) is 7.11 Å². The molecule has 42 valence electrons. The summed E-state index contributed by atoms with van der Waals surface area (Å²) in [5.41, 5.74) is 0. The molecule has 0 aliphatic heterocycles. The van der Waals surface area contributed by atoms with Crippen molar-refractivity contribution in [1.29, 1.82) is 0 Å². The first-order chi connectivity index (χ1) is 3.12. The van der Waals surface area contributed by atoms with Gasteiger partial charge in [-0.15, -0.1) is 4.91 Å². The lowest BCUT2D eigenvalue weighted by molar-refractivity contribution is 0.317. The Bertz CT molecular complexity index is 110. The van der Waals surface area contributed by atoms with Gasteiger partial charge in [-0.05, 0) is 0 Å². The van der Waals surface area contributed by atoms with E-state index in [2.05, 4.69) is 4.52 Å². The van der Waals surface area contributed by atoms with Crippen molar-refractivity contribution in [3.63, 3.8) is 0 Å². The summed E-state index contributed by atoms with van der Waals surface area (Å²) in [5, 5.41) is 0. The molecular weight excluding hydrogens is 121 g/mol. The van der Waals surface area contributed by atoms with E-state index < -0.39 is 7.75 Å². The van der Waals surface area contributed by atoms with E-state index in [0.29, 0.717) is 0 Å². The summed E-state index contributed by atoms with van der Waals surface area (Å²) in [6, 6.07) is 0. The maximum atomic E-state index is 9.81. The second kappa shape index (κ2) is 2.16. The summed E-state index contributed by atoms with van der Waals surface area (Å²) in [7, 11) is -3.15. The van der Waals surface area contributed by atoms with Crippen LogP contribution >= 0.6 is 7.75 Å². The molecule has 6 heteroatoms. The van der Waals surface area contributed by atoms with Crippen LogP contribution in [0.1, 0.15) is 0 Å². The maximum Gasteiger partial charge on any atom is 0.486 e. The summed E-state index contributed by atoms with van der Waals surface area (Å²) in [6.07, 6.45) is 0. The van der Waals surface area contributed by atoms with Crippen molar-refractivity contribution < 1.29 is 14.0 Å². The molecule has 1 N–H and O–H groups in total. The van der Waals surface area contributed by atoms with E-state index in [0.717, 1.165) is 7.11 Å². The van der Waals surface area contributed by atoms with Crippen LogP contribution in [0.3, 0.4) is 0 Å². The van der Waals surface area contributed by atoms with Gasteiger partial charge in [-0.3, -0.25) is 4.52 Å². The molecule has 0 amide bonds. The first-order valence-corrected chi connectivity index (χ1v) is 2.89. The monoisotopic (exact) mass is 125 g/mol. The number of hydrogen-bond donors (Lipinski definition) is 1. The average Bonchev–Trinajstić information content (AvgIpc) is 1.68. The molecule has 0 saturated heterocycles. The van der Waals surface area contributed by atoms with Crippen LogP contribution in [-0.2, 0) is 9.09 Å². The Morgan fingerprint density at radius 3 is 2.29 bits per heavy atom. The van der Waals surface area contributed by atoms with Crippen LogP contribution in [0, 0.1) is 4.91 Å². The second-order valence-corrected chi connectivity index (χ2v) is 2.26. The van der Waals surface area contributed by atoms with Crippen LogP contribution in [0.2, 0.25) is 0 Å². The van der Waals surface area contributed by atoms with Crippen molar-refractivity contribution >= 4 is 7.75 Å². The van der Waals surface area contributed by atoms with Crippen LogP contribution < -0.4 is 0 Å². The third kappa shape index (κ3) is 2.45. The molecule has 0 fully saturated rings. The largest absolute Gasteiger partial charge is 0.486 e. The predicted molar refractivity (Wildman–Crippen MR) is 22.6 cm³/mol. The molecule has 7 heavy (non-hydrogen) atoms. The third-order valence-electron chi connectivity index (χ3n) is 0.341. The SMILES string of the molecule is COP(=O)(O)N=O. The quantitative estimate of drug-likeness (QED) is 0.430.